The quantitative estimate of drug-likeness (QED) is 0.621. The summed E-state index contributed by atoms with van der Waals surface area (Å²) < 4.78 is 5.79. The normalized spacial score (nSPS) is 18.3. The zero-order chi connectivity index (χ0) is 21.1. The molecule has 0 atom stereocenters. The molecule has 1 aromatic heterocycles. The first kappa shape index (κ1) is 21.3. The molecule has 7 heteroatoms. The minimum absolute atomic E-state index is 0.0205. The van der Waals surface area contributed by atoms with E-state index in [0.717, 1.165) is 25.9 Å². The average Bonchev–Trinajstić information content (AvgIpc) is 3.07. The van der Waals surface area contributed by atoms with E-state index in [1.807, 2.05) is 4.90 Å². The number of piperidine rings is 1. The second-order valence-electron chi connectivity index (χ2n) is 8.09. The number of rotatable bonds is 3. The van der Waals surface area contributed by atoms with Crippen LogP contribution in [0.3, 0.4) is 0 Å². The van der Waals surface area contributed by atoms with Crippen LogP contribution >= 0.6 is 23.2 Å². The van der Waals surface area contributed by atoms with Gasteiger partial charge in [0.15, 0.2) is 5.76 Å². The molecule has 1 aromatic carbocycles. The number of hydrogen-bond acceptors (Lipinski definition) is 3. The Kier molecular flexibility index (Phi) is 6.69. The molecule has 0 bridgehead atoms. The van der Waals surface area contributed by atoms with E-state index in [1.165, 1.54) is 12.8 Å². The molecule has 0 N–H and O–H groups in total. The molecule has 0 radical (unpaired) electrons. The van der Waals surface area contributed by atoms with Gasteiger partial charge in [-0.2, -0.15) is 0 Å². The third kappa shape index (κ3) is 4.68. The van der Waals surface area contributed by atoms with Gasteiger partial charge < -0.3 is 14.2 Å². The van der Waals surface area contributed by atoms with Gasteiger partial charge in [-0.15, -0.1) is 0 Å². The van der Waals surface area contributed by atoms with Gasteiger partial charge in [-0.1, -0.05) is 36.0 Å². The first-order chi connectivity index (χ1) is 14.5. The molecule has 2 aliphatic heterocycles. The number of furan rings is 1. The molecule has 160 valence electrons. The summed E-state index contributed by atoms with van der Waals surface area (Å²) in [6.07, 6.45) is 6.03. The van der Waals surface area contributed by atoms with Gasteiger partial charge in [0, 0.05) is 42.7 Å². The Balaban J connectivity index is 1.36. The number of carbonyl (C=O) groups excluding carboxylic acids is 2. The standard InChI is InChI=1S/C23H26Cl2N2O3/c24-17-5-6-18(19(25)15-17)20-7-8-21(30-20)23(29)27-13-9-16(10-14-27)22(28)26-11-3-1-2-4-12-26/h5-8,15-16H,1-4,9-14H2. The molecule has 2 saturated heterocycles. The van der Waals surface area contributed by atoms with E-state index < -0.39 is 0 Å². The molecule has 2 aromatic rings. The smallest absolute Gasteiger partial charge is 0.289 e. The summed E-state index contributed by atoms with van der Waals surface area (Å²) in [5, 5.41) is 1.02. The second-order valence-corrected chi connectivity index (χ2v) is 8.94. The highest BCUT2D eigenvalue weighted by molar-refractivity contribution is 6.36. The van der Waals surface area contributed by atoms with Crippen molar-refractivity contribution in [2.75, 3.05) is 26.2 Å². The van der Waals surface area contributed by atoms with E-state index in [1.54, 1.807) is 35.2 Å². The molecule has 2 aliphatic rings. The van der Waals surface area contributed by atoms with Crippen LogP contribution in [0, 0.1) is 5.92 Å². The Morgan fingerprint density at radius 1 is 0.867 bits per heavy atom. The number of halogens is 2. The van der Waals surface area contributed by atoms with Crippen molar-refractivity contribution in [3.8, 4) is 11.3 Å². The molecular formula is C23H26Cl2N2O3. The Hall–Kier alpha value is -1.98. The SMILES string of the molecule is O=C(c1ccc(-c2ccc(Cl)cc2Cl)o1)N1CCC(C(=O)N2CCCCCC2)CC1. The maximum atomic E-state index is 12.9. The first-order valence-electron chi connectivity index (χ1n) is 10.7. The predicted octanol–water partition coefficient (Wildman–Crippen LogP) is 5.51. The van der Waals surface area contributed by atoms with E-state index in [4.69, 9.17) is 27.6 Å². The maximum Gasteiger partial charge on any atom is 0.289 e. The molecule has 4 rings (SSSR count). The minimum Gasteiger partial charge on any atom is -0.451 e. The molecule has 0 saturated carbocycles. The lowest BCUT2D eigenvalue weighted by molar-refractivity contribution is -0.136. The Bertz CT molecular complexity index is 911. The highest BCUT2D eigenvalue weighted by atomic mass is 35.5. The Morgan fingerprint density at radius 3 is 2.23 bits per heavy atom. The van der Waals surface area contributed by atoms with Gasteiger partial charge in [0.05, 0.1) is 5.02 Å². The molecule has 3 heterocycles. The minimum atomic E-state index is -0.146. The monoisotopic (exact) mass is 448 g/mol. The van der Waals surface area contributed by atoms with Crippen LogP contribution in [-0.2, 0) is 4.79 Å². The van der Waals surface area contributed by atoms with Crippen molar-refractivity contribution >= 4 is 35.0 Å². The zero-order valence-corrected chi connectivity index (χ0v) is 18.4. The fourth-order valence-corrected chi connectivity index (χ4v) is 4.82. The van der Waals surface area contributed by atoms with Gasteiger partial charge in [-0.3, -0.25) is 9.59 Å². The van der Waals surface area contributed by atoms with Crippen LogP contribution < -0.4 is 0 Å². The summed E-state index contributed by atoms with van der Waals surface area (Å²) in [6.45, 7) is 2.89. The van der Waals surface area contributed by atoms with Gasteiger partial charge in [0.2, 0.25) is 5.91 Å². The lowest BCUT2D eigenvalue weighted by Crippen LogP contribution is -2.44. The van der Waals surface area contributed by atoms with Crippen molar-refractivity contribution in [1.82, 2.24) is 9.80 Å². The summed E-state index contributed by atoms with van der Waals surface area (Å²) in [5.74, 6) is 0.959. The van der Waals surface area contributed by atoms with Crippen molar-refractivity contribution in [3.63, 3.8) is 0 Å². The van der Waals surface area contributed by atoms with Crippen molar-refractivity contribution in [2.24, 2.45) is 5.92 Å². The van der Waals surface area contributed by atoms with Crippen LogP contribution in [0.1, 0.15) is 49.1 Å². The van der Waals surface area contributed by atoms with Crippen molar-refractivity contribution < 1.29 is 14.0 Å². The maximum absolute atomic E-state index is 12.9. The zero-order valence-electron chi connectivity index (χ0n) is 16.9. The summed E-state index contributed by atoms with van der Waals surface area (Å²) in [6, 6.07) is 8.58. The van der Waals surface area contributed by atoms with E-state index in [-0.39, 0.29) is 23.5 Å². The topological polar surface area (TPSA) is 53.8 Å². The van der Waals surface area contributed by atoms with Crippen molar-refractivity contribution in [2.45, 2.75) is 38.5 Å². The van der Waals surface area contributed by atoms with E-state index in [9.17, 15) is 9.59 Å². The van der Waals surface area contributed by atoms with Gasteiger partial charge >= 0.3 is 0 Å². The first-order valence-corrected chi connectivity index (χ1v) is 11.4. The average molecular weight is 449 g/mol. The lowest BCUT2D eigenvalue weighted by atomic mass is 9.95. The van der Waals surface area contributed by atoms with Crippen molar-refractivity contribution in [1.29, 1.82) is 0 Å². The Morgan fingerprint density at radius 2 is 1.57 bits per heavy atom. The number of carbonyl (C=O) groups is 2. The van der Waals surface area contributed by atoms with E-state index >= 15 is 0 Å². The van der Waals surface area contributed by atoms with Gasteiger partial charge in [-0.05, 0) is 56.0 Å². The number of likely N-dealkylation sites (tertiary alicyclic amines) is 2. The van der Waals surface area contributed by atoms with Gasteiger partial charge in [0.1, 0.15) is 5.76 Å². The largest absolute Gasteiger partial charge is 0.451 e. The van der Waals surface area contributed by atoms with Crippen LogP contribution in [-0.4, -0.2) is 47.8 Å². The summed E-state index contributed by atoms with van der Waals surface area (Å²) in [4.78, 5) is 29.5. The summed E-state index contributed by atoms with van der Waals surface area (Å²) in [5.41, 5.74) is 0.696. The third-order valence-electron chi connectivity index (χ3n) is 6.06. The molecule has 0 unspecified atom stereocenters. The molecule has 5 nitrogen and oxygen atoms in total. The molecule has 2 amide bonds. The molecule has 0 aliphatic carbocycles. The Labute approximate surface area is 186 Å². The predicted molar refractivity (Wildman–Crippen MR) is 118 cm³/mol. The number of nitrogens with zero attached hydrogens (tertiary/aromatic N) is 2. The summed E-state index contributed by atoms with van der Waals surface area (Å²) in [7, 11) is 0. The fourth-order valence-electron chi connectivity index (χ4n) is 4.32. The van der Waals surface area contributed by atoms with E-state index in [2.05, 4.69) is 0 Å². The molecule has 2 fully saturated rings. The number of benzene rings is 1. The van der Waals surface area contributed by atoms with Crippen LogP contribution in [0.2, 0.25) is 10.0 Å². The fraction of sp³-hybridized carbons (Fsp3) is 0.478. The van der Waals surface area contributed by atoms with Gasteiger partial charge in [-0.25, -0.2) is 0 Å². The number of hydrogen-bond donors (Lipinski definition) is 0. The lowest BCUT2D eigenvalue weighted by Gasteiger charge is -2.33. The third-order valence-corrected chi connectivity index (χ3v) is 6.61. The van der Waals surface area contributed by atoms with Crippen LogP contribution in [0.15, 0.2) is 34.7 Å². The van der Waals surface area contributed by atoms with Crippen LogP contribution in [0.25, 0.3) is 11.3 Å². The highest BCUT2D eigenvalue weighted by Gasteiger charge is 2.31. The summed E-state index contributed by atoms with van der Waals surface area (Å²) >= 11 is 12.2. The number of amides is 2. The molecule has 0 spiro atoms. The molecule has 30 heavy (non-hydrogen) atoms. The highest BCUT2D eigenvalue weighted by Crippen LogP contribution is 2.32. The van der Waals surface area contributed by atoms with Crippen LogP contribution in [0.4, 0.5) is 0 Å². The van der Waals surface area contributed by atoms with Crippen LogP contribution in [0.5, 0.6) is 0 Å². The molecular weight excluding hydrogens is 423 g/mol. The van der Waals surface area contributed by atoms with Gasteiger partial charge in [0.25, 0.3) is 5.91 Å². The van der Waals surface area contributed by atoms with E-state index in [0.29, 0.717) is 47.3 Å². The van der Waals surface area contributed by atoms with Crippen molar-refractivity contribution in [3.05, 3.63) is 46.1 Å². The second kappa shape index (κ2) is 9.44.